The molecule has 0 aromatic carbocycles. The Hall–Kier alpha value is -2.22. The van der Waals surface area contributed by atoms with Crippen molar-refractivity contribution in [2.45, 2.75) is 19.9 Å². The number of aromatic nitrogens is 3. The topological polar surface area (TPSA) is 89.3 Å². The lowest BCUT2D eigenvalue weighted by Crippen LogP contribution is -2.35. The lowest BCUT2D eigenvalue weighted by molar-refractivity contribution is -0.134. The van der Waals surface area contributed by atoms with Gasteiger partial charge in [0.1, 0.15) is 11.6 Å². The summed E-state index contributed by atoms with van der Waals surface area (Å²) >= 11 is 0. The minimum atomic E-state index is -0.398. The normalized spacial score (nSPS) is 11.1. The van der Waals surface area contributed by atoms with Gasteiger partial charge in [-0.3, -0.25) is 9.69 Å². The third-order valence-corrected chi connectivity index (χ3v) is 3.10. The van der Waals surface area contributed by atoms with Crippen LogP contribution in [-0.4, -0.2) is 58.8 Å². The number of rotatable bonds is 8. The fraction of sp³-hybridized carbons (Fsp3) is 0.571. The van der Waals surface area contributed by atoms with Crippen LogP contribution in [0, 0.1) is 6.92 Å². The summed E-state index contributed by atoms with van der Waals surface area (Å²) in [4.78, 5) is 24.5. The maximum Gasteiger partial charge on any atom is 0.330 e. The first kappa shape index (κ1) is 17.8. The Kier molecular flexibility index (Phi) is 7.24. The number of nitrogens with one attached hydrogen (secondary N) is 1. The smallest absolute Gasteiger partial charge is 0.330 e. The molecule has 0 aliphatic carbocycles. The van der Waals surface area contributed by atoms with Crippen LogP contribution in [0.15, 0.2) is 12.2 Å². The second kappa shape index (κ2) is 8.93. The number of hydrogen-bond donors (Lipinski definition) is 1. The van der Waals surface area contributed by atoms with Gasteiger partial charge in [0.05, 0.1) is 20.2 Å². The maximum atomic E-state index is 11.8. The van der Waals surface area contributed by atoms with Gasteiger partial charge in [0.15, 0.2) is 0 Å². The lowest BCUT2D eigenvalue weighted by Gasteiger charge is -2.15. The van der Waals surface area contributed by atoms with Crippen molar-refractivity contribution >= 4 is 11.9 Å². The first-order valence-electron chi connectivity index (χ1n) is 6.98. The zero-order chi connectivity index (χ0) is 16.5. The largest absolute Gasteiger partial charge is 0.466 e. The van der Waals surface area contributed by atoms with Gasteiger partial charge in [0.2, 0.25) is 5.91 Å². The quantitative estimate of drug-likeness (QED) is 0.406. The van der Waals surface area contributed by atoms with E-state index in [1.54, 1.807) is 6.08 Å². The molecule has 1 N–H and O–H groups in total. The van der Waals surface area contributed by atoms with E-state index in [0.717, 1.165) is 11.6 Å². The molecule has 0 saturated heterocycles. The van der Waals surface area contributed by atoms with Crippen molar-refractivity contribution in [2.24, 2.45) is 7.05 Å². The van der Waals surface area contributed by atoms with E-state index < -0.39 is 5.97 Å². The molecule has 0 unspecified atom stereocenters. The number of amides is 1. The minimum absolute atomic E-state index is 0.0761. The van der Waals surface area contributed by atoms with E-state index in [1.165, 1.54) is 13.2 Å². The van der Waals surface area contributed by atoms with Crippen molar-refractivity contribution in [2.75, 3.05) is 27.2 Å². The fourth-order valence-electron chi connectivity index (χ4n) is 1.73. The second-order valence-electron chi connectivity index (χ2n) is 4.96. The number of likely N-dealkylation sites (N-methyl/N-ethyl adjacent to an activating group) is 1. The summed E-state index contributed by atoms with van der Waals surface area (Å²) in [7, 11) is 5.07. The molecular formula is C14H23N5O3. The SMILES string of the molecule is COC(=O)/C=C/CCNC(=O)CN(C)Cc1nnc(C)n1C. The van der Waals surface area contributed by atoms with Crippen molar-refractivity contribution in [3.63, 3.8) is 0 Å². The van der Waals surface area contributed by atoms with Crippen LogP contribution in [0.1, 0.15) is 18.1 Å². The van der Waals surface area contributed by atoms with E-state index in [4.69, 9.17) is 0 Å². The number of carbonyl (C=O) groups excluding carboxylic acids is 2. The van der Waals surface area contributed by atoms with E-state index in [-0.39, 0.29) is 12.5 Å². The Morgan fingerprint density at radius 3 is 2.73 bits per heavy atom. The molecule has 0 bridgehead atoms. The number of nitrogens with zero attached hydrogens (tertiary/aromatic N) is 4. The van der Waals surface area contributed by atoms with Crippen molar-refractivity contribution in [1.29, 1.82) is 0 Å². The van der Waals surface area contributed by atoms with Crippen molar-refractivity contribution in [1.82, 2.24) is 25.0 Å². The minimum Gasteiger partial charge on any atom is -0.466 e. The van der Waals surface area contributed by atoms with E-state index in [1.807, 2.05) is 30.5 Å². The Labute approximate surface area is 130 Å². The summed E-state index contributed by atoms with van der Waals surface area (Å²) in [5.41, 5.74) is 0. The molecule has 122 valence electrons. The number of ether oxygens (including phenoxy) is 1. The molecule has 8 heteroatoms. The van der Waals surface area contributed by atoms with Gasteiger partial charge in [0.25, 0.3) is 0 Å². The van der Waals surface area contributed by atoms with Gasteiger partial charge in [-0.1, -0.05) is 6.08 Å². The van der Waals surface area contributed by atoms with Gasteiger partial charge in [0, 0.05) is 19.7 Å². The Morgan fingerprint density at radius 2 is 2.14 bits per heavy atom. The Morgan fingerprint density at radius 1 is 1.41 bits per heavy atom. The van der Waals surface area contributed by atoms with Crippen molar-refractivity contribution in [3.8, 4) is 0 Å². The second-order valence-corrected chi connectivity index (χ2v) is 4.96. The summed E-state index contributed by atoms with van der Waals surface area (Å²) < 4.78 is 6.36. The molecule has 1 aromatic heterocycles. The highest BCUT2D eigenvalue weighted by Gasteiger charge is 2.11. The molecule has 0 aliphatic heterocycles. The highest BCUT2D eigenvalue weighted by Crippen LogP contribution is 2.00. The third-order valence-electron chi connectivity index (χ3n) is 3.10. The Bertz CT molecular complexity index is 539. The van der Waals surface area contributed by atoms with Gasteiger partial charge < -0.3 is 14.6 Å². The van der Waals surface area contributed by atoms with Gasteiger partial charge in [-0.05, 0) is 20.4 Å². The molecule has 1 rings (SSSR count). The molecule has 22 heavy (non-hydrogen) atoms. The zero-order valence-corrected chi connectivity index (χ0v) is 13.5. The molecule has 0 spiro atoms. The van der Waals surface area contributed by atoms with Gasteiger partial charge in [-0.2, -0.15) is 0 Å². The summed E-state index contributed by atoms with van der Waals surface area (Å²) in [6.45, 7) is 3.17. The van der Waals surface area contributed by atoms with Gasteiger partial charge in [-0.25, -0.2) is 4.79 Å². The van der Waals surface area contributed by atoms with Crippen molar-refractivity contribution in [3.05, 3.63) is 23.8 Å². The van der Waals surface area contributed by atoms with Crippen LogP contribution in [0.2, 0.25) is 0 Å². The fourth-order valence-corrected chi connectivity index (χ4v) is 1.73. The molecular weight excluding hydrogens is 286 g/mol. The third kappa shape index (κ3) is 6.04. The first-order valence-corrected chi connectivity index (χ1v) is 6.98. The summed E-state index contributed by atoms with van der Waals surface area (Å²) in [6, 6.07) is 0. The van der Waals surface area contributed by atoms with E-state index in [9.17, 15) is 9.59 Å². The number of carbonyl (C=O) groups is 2. The van der Waals surface area contributed by atoms with Crippen LogP contribution in [0.3, 0.4) is 0 Å². The molecule has 1 heterocycles. The van der Waals surface area contributed by atoms with Crippen molar-refractivity contribution < 1.29 is 14.3 Å². The van der Waals surface area contributed by atoms with E-state index >= 15 is 0 Å². The molecule has 0 fully saturated rings. The van der Waals surface area contributed by atoms with E-state index in [0.29, 0.717) is 19.5 Å². The van der Waals surface area contributed by atoms with Crippen LogP contribution in [0.4, 0.5) is 0 Å². The molecule has 0 atom stereocenters. The monoisotopic (exact) mass is 309 g/mol. The highest BCUT2D eigenvalue weighted by molar-refractivity contribution is 5.81. The number of hydrogen-bond acceptors (Lipinski definition) is 6. The number of aryl methyl sites for hydroxylation is 1. The summed E-state index contributed by atoms with van der Waals surface area (Å²) in [5, 5.41) is 10.8. The summed E-state index contributed by atoms with van der Waals surface area (Å²) in [5.74, 6) is 1.18. The van der Waals surface area contributed by atoms with Crippen LogP contribution < -0.4 is 5.32 Å². The average Bonchev–Trinajstić information content (AvgIpc) is 2.78. The molecule has 1 amide bonds. The Balaban J connectivity index is 2.25. The molecule has 0 saturated carbocycles. The average molecular weight is 309 g/mol. The molecule has 8 nitrogen and oxygen atoms in total. The van der Waals surface area contributed by atoms with Crippen LogP contribution in [-0.2, 0) is 27.9 Å². The van der Waals surface area contributed by atoms with Gasteiger partial charge in [-0.15, -0.1) is 10.2 Å². The van der Waals surface area contributed by atoms with Gasteiger partial charge >= 0.3 is 5.97 Å². The zero-order valence-electron chi connectivity index (χ0n) is 13.5. The standard InChI is InChI=1S/C14H23N5O3/c1-11-16-17-12(19(11)3)9-18(2)10-13(20)15-8-6-5-7-14(21)22-4/h5,7H,6,8-10H2,1-4H3,(H,15,20)/b7-5+. The number of esters is 1. The number of methoxy groups -OCH3 is 1. The molecule has 0 aliphatic rings. The molecule has 0 radical (unpaired) electrons. The molecule has 1 aromatic rings. The predicted molar refractivity (Wildman–Crippen MR) is 80.9 cm³/mol. The van der Waals surface area contributed by atoms with E-state index in [2.05, 4.69) is 20.3 Å². The first-order chi connectivity index (χ1) is 10.4. The lowest BCUT2D eigenvalue weighted by atomic mass is 10.3. The maximum absolute atomic E-state index is 11.8. The van der Waals surface area contributed by atoms with Crippen LogP contribution >= 0.6 is 0 Å². The predicted octanol–water partition coefficient (Wildman–Crippen LogP) is -0.209. The van der Waals surface area contributed by atoms with Crippen LogP contribution in [0.25, 0.3) is 0 Å². The highest BCUT2D eigenvalue weighted by atomic mass is 16.5. The van der Waals surface area contributed by atoms with Crippen LogP contribution in [0.5, 0.6) is 0 Å². The summed E-state index contributed by atoms with van der Waals surface area (Å²) in [6.07, 6.45) is 3.58.